The van der Waals surface area contributed by atoms with Crippen LogP contribution in [0.3, 0.4) is 0 Å². The summed E-state index contributed by atoms with van der Waals surface area (Å²) in [4.78, 5) is 18.7. The maximum Gasteiger partial charge on any atom is 0.332 e. The molecule has 1 aromatic heterocycles. The van der Waals surface area contributed by atoms with Gasteiger partial charge in [-0.25, -0.2) is 9.37 Å². The minimum absolute atomic E-state index is 0.0568. The molecule has 2 N–H and O–H groups in total. The number of benzene rings is 1. The molecule has 0 radical (unpaired) electrons. The highest BCUT2D eigenvalue weighted by Gasteiger charge is 2.22. The van der Waals surface area contributed by atoms with E-state index in [-0.39, 0.29) is 29.0 Å². The second-order valence-electron chi connectivity index (χ2n) is 4.09. The summed E-state index contributed by atoms with van der Waals surface area (Å²) in [6.07, 6.45) is 0. The van der Waals surface area contributed by atoms with E-state index in [1.807, 2.05) is 22.6 Å². The molecule has 9 heteroatoms. The van der Waals surface area contributed by atoms with Gasteiger partial charge in [-0.05, 0) is 47.7 Å². The molecule has 0 amide bonds. The molecule has 7 nitrogen and oxygen atoms in total. The summed E-state index contributed by atoms with van der Waals surface area (Å²) in [5.74, 6) is -0.0617. The lowest BCUT2D eigenvalue weighted by Gasteiger charge is -2.10. The Hall–Kier alpha value is -2.04. The number of hydrogen-bond acceptors (Lipinski definition) is 6. The highest BCUT2D eigenvalue weighted by molar-refractivity contribution is 14.1. The van der Waals surface area contributed by atoms with Crippen molar-refractivity contribution in [1.82, 2.24) is 9.97 Å². The van der Waals surface area contributed by atoms with E-state index in [0.717, 1.165) is 0 Å². The Morgan fingerprint density at radius 2 is 2.10 bits per heavy atom. The quantitative estimate of drug-likeness (QED) is 0.463. The molecule has 1 aromatic carbocycles. The standard InChI is InChI=1S/C12H11FIN5O2/c1-6-10(19(20)21)11(18-12(15-2)16-6)17-9-4-3-7(13)5-8(9)14/h3-5H,1-2H3,(H2,15,16,17,18). The van der Waals surface area contributed by atoms with E-state index in [4.69, 9.17) is 0 Å². The molecule has 0 aliphatic heterocycles. The average molecular weight is 403 g/mol. The van der Waals surface area contributed by atoms with Crippen LogP contribution in [0, 0.1) is 26.4 Å². The Bertz CT molecular complexity index is 710. The first-order valence-corrected chi connectivity index (χ1v) is 6.93. The summed E-state index contributed by atoms with van der Waals surface area (Å²) in [6.45, 7) is 1.53. The van der Waals surface area contributed by atoms with Crippen LogP contribution in [0.25, 0.3) is 0 Å². The van der Waals surface area contributed by atoms with E-state index in [2.05, 4.69) is 20.6 Å². The van der Waals surface area contributed by atoms with Gasteiger partial charge in [-0.3, -0.25) is 10.1 Å². The van der Waals surface area contributed by atoms with E-state index in [9.17, 15) is 14.5 Å². The normalized spacial score (nSPS) is 10.3. The van der Waals surface area contributed by atoms with Gasteiger partial charge in [-0.2, -0.15) is 4.98 Å². The van der Waals surface area contributed by atoms with Gasteiger partial charge in [0.25, 0.3) is 0 Å². The molecular formula is C12H11FIN5O2. The van der Waals surface area contributed by atoms with Gasteiger partial charge in [0.2, 0.25) is 11.8 Å². The molecule has 0 saturated heterocycles. The van der Waals surface area contributed by atoms with Crippen LogP contribution in [0.15, 0.2) is 18.2 Å². The predicted octanol–water partition coefficient (Wildman–Crippen LogP) is 3.22. The Morgan fingerprint density at radius 3 is 2.67 bits per heavy atom. The fourth-order valence-corrected chi connectivity index (χ4v) is 2.32. The lowest BCUT2D eigenvalue weighted by atomic mass is 10.3. The largest absolute Gasteiger partial charge is 0.357 e. The lowest BCUT2D eigenvalue weighted by molar-refractivity contribution is -0.385. The number of nitro groups is 1. The minimum atomic E-state index is -0.548. The van der Waals surface area contributed by atoms with Gasteiger partial charge in [0.05, 0.1) is 10.6 Å². The second-order valence-corrected chi connectivity index (χ2v) is 5.25. The third-order valence-electron chi connectivity index (χ3n) is 2.65. The van der Waals surface area contributed by atoms with Crippen LogP contribution < -0.4 is 10.6 Å². The van der Waals surface area contributed by atoms with Crippen molar-refractivity contribution in [2.45, 2.75) is 6.92 Å². The molecule has 0 aliphatic carbocycles. The second kappa shape index (κ2) is 6.16. The van der Waals surface area contributed by atoms with Gasteiger partial charge < -0.3 is 10.6 Å². The zero-order valence-corrected chi connectivity index (χ0v) is 13.3. The Morgan fingerprint density at radius 1 is 1.38 bits per heavy atom. The van der Waals surface area contributed by atoms with Crippen molar-refractivity contribution in [3.63, 3.8) is 0 Å². The van der Waals surface area contributed by atoms with E-state index < -0.39 is 4.92 Å². The zero-order valence-electron chi connectivity index (χ0n) is 11.1. The number of nitrogens with zero attached hydrogens (tertiary/aromatic N) is 3. The van der Waals surface area contributed by atoms with Gasteiger partial charge in [0.1, 0.15) is 11.5 Å². The van der Waals surface area contributed by atoms with Crippen molar-refractivity contribution in [1.29, 1.82) is 0 Å². The predicted molar refractivity (Wildman–Crippen MR) is 85.4 cm³/mol. The van der Waals surface area contributed by atoms with Crippen LogP contribution in [-0.4, -0.2) is 21.9 Å². The van der Waals surface area contributed by atoms with Crippen LogP contribution in [-0.2, 0) is 0 Å². The third kappa shape index (κ3) is 3.35. The van der Waals surface area contributed by atoms with Crippen LogP contribution in [0.5, 0.6) is 0 Å². The maximum absolute atomic E-state index is 13.1. The first-order valence-electron chi connectivity index (χ1n) is 5.85. The molecule has 0 atom stereocenters. The minimum Gasteiger partial charge on any atom is -0.357 e. The van der Waals surface area contributed by atoms with Gasteiger partial charge in [-0.15, -0.1) is 0 Å². The fraction of sp³-hybridized carbons (Fsp3) is 0.167. The summed E-state index contributed by atoms with van der Waals surface area (Å²) in [6, 6.07) is 4.09. The van der Waals surface area contributed by atoms with Crippen LogP contribution in [0.2, 0.25) is 0 Å². The highest BCUT2D eigenvalue weighted by Crippen LogP contribution is 2.31. The van der Waals surface area contributed by atoms with Gasteiger partial charge in [0, 0.05) is 10.6 Å². The van der Waals surface area contributed by atoms with Crippen molar-refractivity contribution in [3.05, 3.63) is 43.4 Å². The number of aromatic nitrogens is 2. The van der Waals surface area contributed by atoms with E-state index in [1.165, 1.54) is 25.1 Å². The average Bonchev–Trinajstić information content (AvgIpc) is 2.40. The highest BCUT2D eigenvalue weighted by atomic mass is 127. The molecule has 2 aromatic rings. The van der Waals surface area contributed by atoms with Crippen molar-refractivity contribution in [3.8, 4) is 0 Å². The van der Waals surface area contributed by atoms with Gasteiger partial charge >= 0.3 is 5.69 Å². The molecule has 0 spiro atoms. The molecule has 110 valence electrons. The number of hydrogen-bond donors (Lipinski definition) is 2. The van der Waals surface area contributed by atoms with Gasteiger partial charge in [-0.1, -0.05) is 0 Å². The number of aryl methyl sites for hydroxylation is 1. The van der Waals surface area contributed by atoms with E-state index in [1.54, 1.807) is 7.05 Å². The molecule has 0 saturated carbocycles. The third-order valence-corrected chi connectivity index (χ3v) is 3.54. The molecule has 0 fully saturated rings. The number of anilines is 3. The first kappa shape index (κ1) is 15.4. The summed E-state index contributed by atoms with van der Waals surface area (Å²) < 4.78 is 13.7. The molecule has 21 heavy (non-hydrogen) atoms. The summed E-state index contributed by atoms with van der Waals surface area (Å²) >= 11 is 1.94. The van der Waals surface area contributed by atoms with Crippen molar-refractivity contribution >= 4 is 45.7 Å². The first-order chi connectivity index (χ1) is 9.92. The Kier molecular flexibility index (Phi) is 4.50. The number of nitrogens with one attached hydrogen (secondary N) is 2. The number of rotatable bonds is 4. The summed E-state index contributed by atoms with van der Waals surface area (Å²) in [5, 5.41) is 16.8. The smallest absolute Gasteiger partial charge is 0.332 e. The van der Waals surface area contributed by atoms with Crippen LogP contribution in [0.4, 0.5) is 27.5 Å². The Balaban J connectivity index is 2.51. The molecule has 1 heterocycles. The van der Waals surface area contributed by atoms with Crippen molar-refractivity contribution in [2.24, 2.45) is 0 Å². The molecule has 0 unspecified atom stereocenters. The topological polar surface area (TPSA) is 93.0 Å². The van der Waals surface area contributed by atoms with E-state index >= 15 is 0 Å². The molecular weight excluding hydrogens is 392 g/mol. The van der Waals surface area contributed by atoms with E-state index in [0.29, 0.717) is 9.26 Å². The number of halogens is 2. The van der Waals surface area contributed by atoms with Crippen LogP contribution in [0.1, 0.15) is 5.69 Å². The summed E-state index contributed by atoms with van der Waals surface area (Å²) in [5.41, 5.74) is 0.549. The SMILES string of the molecule is CNc1nc(C)c([N+](=O)[O-])c(Nc2ccc(F)cc2I)n1. The lowest BCUT2D eigenvalue weighted by Crippen LogP contribution is -2.07. The van der Waals surface area contributed by atoms with Crippen molar-refractivity contribution in [2.75, 3.05) is 17.7 Å². The fourth-order valence-electron chi connectivity index (χ4n) is 1.70. The Labute approximate surface area is 133 Å². The molecule has 0 bridgehead atoms. The van der Waals surface area contributed by atoms with Gasteiger partial charge in [0.15, 0.2) is 0 Å². The van der Waals surface area contributed by atoms with Crippen LogP contribution >= 0.6 is 22.6 Å². The molecule has 0 aliphatic rings. The monoisotopic (exact) mass is 403 g/mol. The summed E-state index contributed by atoms with van der Waals surface area (Å²) in [7, 11) is 1.62. The zero-order chi connectivity index (χ0) is 15.6. The van der Waals surface area contributed by atoms with Crippen molar-refractivity contribution < 1.29 is 9.31 Å². The maximum atomic E-state index is 13.1. The molecule has 2 rings (SSSR count).